The minimum absolute atomic E-state index is 0.0702. The molecule has 0 unspecified atom stereocenters. The van der Waals surface area contributed by atoms with E-state index >= 15 is 0 Å². The van der Waals surface area contributed by atoms with Crippen molar-refractivity contribution >= 4 is 17.9 Å². The van der Waals surface area contributed by atoms with Gasteiger partial charge in [-0.15, -0.1) is 0 Å². The molecule has 0 aliphatic heterocycles. The van der Waals surface area contributed by atoms with Crippen molar-refractivity contribution in [2.24, 2.45) is 0 Å². The SMILES string of the molecule is CN(C)C(=O)CCNC(=O)NCc1ccc(C(=O)O)o1. The molecule has 0 aliphatic rings. The molecule has 0 atom stereocenters. The Bertz CT molecular complexity index is 495. The van der Waals surface area contributed by atoms with E-state index in [0.717, 1.165) is 0 Å². The average Bonchev–Trinajstić information content (AvgIpc) is 2.85. The second-order valence-corrected chi connectivity index (χ2v) is 4.22. The van der Waals surface area contributed by atoms with Gasteiger partial charge in [-0.1, -0.05) is 0 Å². The van der Waals surface area contributed by atoms with Crippen molar-refractivity contribution in [3.05, 3.63) is 23.7 Å². The van der Waals surface area contributed by atoms with Crippen molar-refractivity contribution in [3.63, 3.8) is 0 Å². The van der Waals surface area contributed by atoms with Crippen molar-refractivity contribution in [2.75, 3.05) is 20.6 Å². The normalized spacial score (nSPS) is 9.90. The summed E-state index contributed by atoms with van der Waals surface area (Å²) in [6, 6.07) is 2.33. The van der Waals surface area contributed by atoms with Crippen LogP contribution in [0.25, 0.3) is 0 Å². The molecule has 3 amide bonds. The van der Waals surface area contributed by atoms with Crippen LogP contribution in [0.4, 0.5) is 4.79 Å². The molecular formula is C12H17N3O5. The largest absolute Gasteiger partial charge is 0.475 e. The molecule has 0 spiro atoms. The summed E-state index contributed by atoms with van der Waals surface area (Å²) in [6.45, 7) is 0.294. The first kappa shape index (κ1) is 15.5. The molecule has 20 heavy (non-hydrogen) atoms. The third-order valence-electron chi connectivity index (χ3n) is 2.42. The molecule has 0 aromatic carbocycles. The van der Waals surface area contributed by atoms with E-state index in [1.54, 1.807) is 14.1 Å². The predicted octanol–water partition coefficient (Wildman–Crippen LogP) is 0.255. The molecule has 0 aliphatic carbocycles. The first-order valence-electron chi connectivity index (χ1n) is 5.94. The number of nitrogens with zero attached hydrogens (tertiary/aromatic N) is 1. The van der Waals surface area contributed by atoms with Crippen molar-refractivity contribution < 1.29 is 23.9 Å². The van der Waals surface area contributed by atoms with Gasteiger partial charge in [0.15, 0.2) is 0 Å². The highest BCUT2D eigenvalue weighted by atomic mass is 16.4. The van der Waals surface area contributed by atoms with Crippen LogP contribution in [0.3, 0.4) is 0 Å². The van der Waals surface area contributed by atoms with Crippen molar-refractivity contribution in [3.8, 4) is 0 Å². The lowest BCUT2D eigenvalue weighted by Crippen LogP contribution is -2.37. The minimum Gasteiger partial charge on any atom is -0.475 e. The second-order valence-electron chi connectivity index (χ2n) is 4.22. The van der Waals surface area contributed by atoms with Gasteiger partial charge in [-0.05, 0) is 12.1 Å². The van der Waals surface area contributed by atoms with E-state index in [1.165, 1.54) is 17.0 Å². The van der Waals surface area contributed by atoms with E-state index in [-0.39, 0.29) is 31.2 Å². The fraction of sp³-hybridized carbons (Fsp3) is 0.417. The van der Waals surface area contributed by atoms with Gasteiger partial charge in [-0.25, -0.2) is 9.59 Å². The molecule has 1 rings (SSSR count). The Morgan fingerprint density at radius 3 is 2.50 bits per heavy atom. The van der Waals surface area contributed by atoms with Crippen LogP contribution in [0.15, 0.2) is 16.5 Å². The Kier molecular flexibility index (Phi) is 5.57. The quantitative estimate of drug-likeness (QED) is 0.693. The number of carbonyl (C=O) groups is 3. The predicted molar refractivity (Wildman–Crippen MR) is 69.2 cm³/mol. The first-order chi connectivity index (χ1) is 9.40. The molecule has 0 radical (unpaired) electrons. The van der Waals surface area contributed by atoms with Crippen LogP contribution in [-0.4, -0.2) is 48.6 Å². The summed E-state index contributed by atoms with van der Waals surface area (Å²) in [7, 11) is 3.28. The van der Waals surface area contributed by atoms with Crippen LogP contribution in [0.2, 0.25) is 0 Å². The van der Waals surface area contributed by atoms with Gasteiger partial charge in [0.25, 0.3) is 0 Å². The number of amides is 3. The summed E-state index contributed by atoms with van der Waals surface area (Å²) in [5, 5.41) is 13.7. The molecule has 1 heterocycles. The number of urea groups is 1. The number of rotatable bonds is 6. The van der Waals surface area contributed by atoms with Gasteiger partial charge in [-0.3, -0.25) is 4.79 Å². The summed E-state index contributed by atoms with van der Waals surface area (Å²) in [6.07, 6.45) is 0.213. The average molecular weight is 283 g/mol. The Morgan fingerprint density at radius 1 is 1.25 bits per heavy atom. The van der Waals surface area contributed by atoms with E-state index in [4.69, 9.17) is 9.52 Å². The zero-order chi connectivity index (χ0) is 15.1. The maximum Gasteiger partial charge on any atom is 0.371 e. The highest BCUT2D eigenvalue weighted by Gasteiger charge is 2.10. The van der Waals surface area contributed by atoms with Crippen LogP contribution in [0.1, 0.15) is 22.7 Å². The van der Waals surface area contributed by atoms with Gasteiger partial charge in [0.1, 0.15) is 5.76 Å². The molecule has 0 saturated carbocycles. The van der Waals surface area contributed by atoms with Crippen LogP contribution >= 0.6 is 0 Å². The summed E-state index contributed by atoms with van der Waals surface area (Å²) in [5.74, 6) is -1.09. The summed E-state index contributed by atoms with van der Waals surface area (Å²) >= 11 is 0. The standard InChI is InChI=1S/C12H17N3O5/c1-15(2)10(16)5-6-13-12(19)14-7-8-3-4-9(20-8)11(17)18/h3-4H,5-7H2,1-2H3,(H,17,18)(H2,13,14,19). The molecule has 8 heteroatoms. The number of carboxylic acid groups (broad SMARTS) is 1. The molecule has 110 valence electrons. The highest BCUT2D eigenvalue weighted by Crippen LogP contribution is 2.07. The fourth-order valence-electron chi connectivity index (χ4n) is 1.32. The zero-order valence-corrected chi connectivity index (χ0v) is 11.3. The topological polar surface area (TPSA) is 112 Å². The summed E-state index contributed by atoms with van der Waals surface area (Å²) in [4.78, 5) is 34.7. The second kappa shape index (κ2) is 7.17. The molecule has 1 aromatic rings. The van der Waals surface area contributed by atoms with E-state index < -0.39 is 12.0 Å². The van der Waals surface area contributed by atoms with Crippen molar-refractivity contribution in [1.82, 2.24) is 15.5 Å². The third kappa shape index (κ3) is 5.01. The van der Waals surface area contributed by atoms with Crippen LogP contribution in [0.5, 0.6) is 0 Å². The smallest absolute Gasteiger partial charge is 0.371 e. The lowest BCUT2D eigenvalue weighted by atomic mass is 10.4. The minimum atomic E-state index is -1.16. The number of hydrogen-bond acceptors (Lipinski definition) is 4. The Morgan fingerprint density at radius 2 is 1.95 bits per heavy atom. The number of carboxylic acids is 1. The first-order valence-corrected chi connectivity index (χ1v) is 5.94. The molecular weight excluding hydrogens is 266 g/mol. The highest BCUT2D eigenvalue weighted by molar-refractivity contribution is 5.84. The van der Waals surface area contributed by atoms with Crippen molar-refractivity contribution in [2.45, 2.75) is 13.0 Å². The molecule has 8 nitrogen and oxygen atoms in total. The zero-order valence-electron chi connectivity index (χ0n) is 11.3. The van der Waals surface area contributed by atoms with E-state index in [9.17, 15) is 14.4 Å². The summed E-state index contributed by atoms with van der Waals surface area (Å²) < 4.78 is 4.97. The number of carbonyl (C=O) groups excluding carboxylic acids is 2. The Hall–Kier alpha value is -2.51. The molecule has 3 N–H and O–H groups in total. The van der Waals surface area contributed by atoms with Gasteiger partial charge in [-0.2, -0.15) is 0 Å². The van der Waals surface area contributed by atoms with Crippen molar-refractivity contribution in [1.29, 1.82) is 0 Å². The van der Waals surface area contributed by atoms with E-state index in [0.29, 0.717) is 5.76 Å². The van der Waals surface area contributed by atoms with Crippen LogP contribution in [-0.2, 0) is 11.3 Å². The Labute approximate surface area is 115 Å². The lowest BCUT2D eigenvalue weighted by molar-refractivity contribution is -0.128. The monoisotopic (exact) mass is 283 g/mol. The van der Waals surface area contributed by atoms with Gasteiger partial charge in [0, 0.05) is 27.1 Å². The maximum atomic E-state index is 11.4. The van der Waals surface area contributed by atoms with Gasteiger partial charge in [0.05, 0.1) is 6.54 Å². The van der Waals surface area contributed by atoms with Gasteiger partial charge < -0.3 is 25.1 Å². The van der Waals surface area contributed by atoms with Crippen LogP contribution in [0, 0.1) is 0 Å². The maximum absolute atomic E-state index is 11.4. The lowest BCUT2D eigenvalue weighted by Gasteiger charge is -2.10. The third-order valence-corrected chi connectivity index (χ3v) is 2.42. The van der Waals surface area contributed by atoms with E-state index in [2.05, 4.69) is 10.6 Å². The molecule has 1 aromatic heterocycles. The van der Waals surface area contributed by atoms with E-state index in [1.807, 2.05) is 0 Å². The molecule has 0 saturated heterocycles. The Balaban J connectivity index is 2.25. The fourth-order valence-corrected chi connectivity index (χ4v) is 1.32. The number of hydrogen-bond donors (Lipinski definition) is 3. The number of furan rings is 1. The molecule has 0 bridgehead atoms. The van der Waals surface area contributed by atoms with Gasteiger partial charge >= 0.3 is 12.0 Å². The number of aromatic carboxylic acids is 1. The number of nitrogens with one attached hydrogen (secondary N) is 2. The van der Waals surface area contributed by atoms with Crippen LogP contribution < -0.4 is 10.6 Å². The van der Waals surface area contributed by atoms with Gasteiger partial charge in [0.2, 0.25) is 11.7 Å². The summed E-state index contributed by atoms with van der Waals surface area (Å²) in [5.41, 5.74) is 0. The molecule has 0 fully saturated rings.